The number of aryl methyl sites for hydroxylation is 2. The van der Waals surface area contributed by atoms with Crippen LogP contribution in [0, 0.1) is 13.8 Å². The molecule has 0 amide bonds. The average Bonchev–Trinajstić information content (AvgIpc) is 2.74. The predicted molar refractivity (Wildman–Crippen MR) is 119 cm³/mol. The summed E-state index contributed by atoms with van der Waals surface area (Å²) in [7, 11) is -1.97. The molecular weight excluding hydrogens is 416 g/mol. The van der Waals surface area contributed by atoms with Gasteiger partial charge in [-0.15, -0.1) is 0 Å². The monoisotopic (exact) mass is 442 g/mol. The molecule has 0 saturated heterocycles. The number of ether oxygens (including phenoxy) is 2. The van der Waals surface area contributed by atoms with Crippen molar-refractivity contribution in [3.8, 4) is 11.5 Å². The molecule has 0 saturated carbocycles. The first-order chi connectivity index (χ1) is 14.9. The highest BCUT2D eigenvalue weighted by atomic mass is 32.2. The lowest BCUT2D eigenvalue weighted by Gasteiger charge is -2.11. The van der Waals surface area contributed by atoms with Crippen LogP contribution in [-0.4, -0.2) is 38.6 Å². The van der Waals surface area contributed by atoms with Crippen LogP contribution < -0.4 is 14.8 Å². The summed E-state index contributed by atoms with van der Waals surface area (Å²) in [5.41, 5.74) is 2.44. The van der Waals surface area contributed by atoms with Gasteiger partial charge in [-0.25, -0.2) is 18.1 Å². The van der Waals surface area contributed by atoms with Gasteiger partial charge in [0.05, 0.1) is 10.6 Å². The normalized spacial score (nSPS) is 11.3. The molecule has 8 nitrogen and oxygen atoms in total. The lowest BCUT2D eigenvalue weighted by atomic mass is 10.3. The molecule has 2 heterocycles. The molecule has 1 aromatic carbocycles. The zero-order chi connectivity index (χ0) is 22.3. The molecule has 0 aliphatic carbocycles. The molecule has 0 atom stereocenters. The molecule has 9 heteroatoms. The van der Waals surface area contributed by atoms with Gasteiger partial charge in [-0.2, -0.15) is 0 Å². The molecule has 0 aliphatic heterocycles. The molecule has 0 unspecified atom stereocenters. The average molecular weight is 443 g/mol. The van der Waals surface area contributed by atoms with E-state index >= 15 is 0 Å². The quantitative estimate of drug-likeness (QED) is 0.458. The summed E-state index contributed by atoms with van der Waals surface area (Å²) in [6.45, 7) is 4.65. The molecule has 2 N–H and O–H groups in total. The largest absolute Gasteiger partial charge is 0.455 e. The highest BCUT2D eigenvalue weighted by Gasteiger charge is 2.13. The Kier molecular flexibility index (Phi) is 7.56. The van der Waals surface area contributed by atoms with E-state index < -0.39 is 10.0 Å². The number of sulfonamides is 1. The van der Waals surface area contributed by atoms with Crippen molar-refractivity contribution in [1.29, 1.82) is 0 Å². The lowest BCUT2D eigenvalue weighted by molar-refractivity contribution is 0.196. The zero-order valence-corrected chi connectivity index (χ0v) is 18.6. The van der Waals surface area contributed by atoms with Crippen LogP contribution in [0.5, 0.6) is 11.5 Å². The number of rotatable bonds is 10. The number of pyridine rings is 2. The van der Waals surface area contributed by atoms with Crippen LogP contribution in [0.3, 0.4) is 0 Å². The summed E-state index contributed by atoms with van der Waals surface area (Å²) >= 11 is 0. The Labute approximate surface area is 182 Å². The number of nitrogens with one attached hydrogen (secondary N) is 2. The summed E-state index contributed by atoms with van der Waals surface area (Å²) in [6, 6.07) is 13.8. The minimum absolute atomic E-state index is 0.197. The number of nitrogens with zero attached hydrogens (tertiary/aromatic N) is 2. The van der Waals surface area contributed by atoms with Gasteiger partial charge >= 0.3 is 0 Å². The second kappa shape index (κ2) is 10.3. The molecular formula is C22H26N4O4S. The van der Waals surface area contributed by atoms with E-state index in [0.717, 1.165) is 11.4 Å². The Morgan fingerprint density at radius 1 is 1.03 bits per heavy atom. The topological polar surface area (TPSA) is 102 Å². The van der Waals surface area contributed by atoms with Crippen molar-refractivity contribution >= 4 is 21.5 Å². The van der Waals surface area contributed by atoms with E-state index in [-0.39, 0.29) is 4.90 Å². The van der Waals surface area contributed by atoms with E-state index in [1.54, 1.807) is 49.7 Å². The minimum Gasteiger partial charge on any atom is -0.455 e. The molecule has 3 rings (SSSR count). The third kappa shape index (κ3) is 6.48. The number of hydrogen-bond donors (Lipinski definition) is 2. The Morgan fingerprint density at radius 2 is 1.81 bits per heavy atom. The Bertz CT molecular complexity index is 1120. The van der Waals surface area contributed by atoms with Crippen molar-refractivity contribution in [2.45, 2.75) is 25.2 Å². The van der Waals surface area contributed by atoms with Crippen LogP contribution in [0.4, 0.5) is 11.5 Å². The second-order valence-corrected chi connectivity index (χ2v) is 8.68. The maximum Gasteiger partial charge on any atom is 0.240 e. The molecule has 0 fully saturated rings. The predicted octanol–water partition coefficient (Wildman–Crippen LogP) is 3.94. The van der Waals surface area contributed by atoms with Crippen molar-refractivity contribution in [2.75, 3.05) is 25.6 Å². The maximum atomic E-state index is 12.3. The Hall–Kier alpha value is -3.01. The zero-order valence-electron chi connectivity index (χ0n) is 17.8. The third-order valence-corrected chi connectivity index (χ3v) is 5.87. The SMILES string of the molecule is COCCCNS(=O)(=O)c1ccc(Nc2cc(Oc3ccc(C)nc3C)ccn2)cc1. The smallest absolute Gasteiger partial charge is 0.240 e. The van der Waals surface area contributed by atoms with Gasteiger partial charge in [-0.3, -0.25) is 4.98 Å². The van der Waals surface area contributed by atoms with Gasteiger partial charge in [0, 0.05) is 43.9 Å². The number of benzene rings is 1. The van der Waals surface area contributed by atoms with Gasteiger partial charge in [0.25, 0.3) is 0 Å². The Balaban J connectivity index is 1.65. The van der Waals surface area contributed by atoms with E-state index in [2.05, 4.69) is 20.0 Å². The van der Waals surface area contributed by atoms with Crippen molar-refractivity contribution in [3.63, 3.8) is 0 Å². The first-order valence-corrected chi connectivity index (χ1v) is 11.3. The molecule has 0 aliphatic rings. The van der Waals surface area contributed by atoms with E-state index in [9.17, 15) is 8.42 Å². The first-order valence-electron chi connectivity index (χ1n) is 9.81. The molecule has 31 heavy (non-hydrogen) atoms. The van der Waals surface area contributed by atoms with Gasteiger partial charge in [0.2, 0.25) is 10.0 Å². The van der Waals surface area contributed by atoms with Gasteiger partial charge in [-0.05, 0) is 62.7 Å². The minimum atomic E-state index is -3.55. The van der Waals surface area contributed by atoms with Crippen LogP contribution >= 0.6 is 0 Å². The van der Waals surface area contributed by atoms with Crippen LogP contribution in [0.15, 0.2) is 59.6 Å². The maximum absolute atomic E-state index is 12.3. The molecule has 164 valence electrons. The van der Waals surface area contributed by atoms with Crippen molar-refractivity contribution < 1.29 is 17.9 Å². The Morgan fingerprint density at radius 3 is 2.52 bits per heavy atom. The molecule has 0 radical (unpaired) electrons. The van der Waals surface area contributed by atoms with E-state index in [4.69, 9.17) is 9.47 Å². The third-order valence-electron chi connectivity index (χ3n) is 4.39. The summed E-state index contributed by atoms with van der Waals surface area (Å²) in [4.78, 5) is 8.89. The first kappa shape index (κ1) is 22.7. The molecule has 0 spiro atoms. The summed E-state index contributed by atoms with van der Waals surface area (Å²) in [6.07, 6.45) is 2.25. The van der Waals surface area contributed by atoms with E-state index in [0.29, 0.717) is 42.6 Å². The second-order valence-electron chi connectivity index (χ2n) is 6.91. The lowest BCUT2D eigenvalue weighted by Crippen LogP contribution is -2.25. The summed E-state index contributed by atoms with van der Waals surface area (Å²) < 4.78 is 38.1. The summed E-state index contributed by atoms with van der Waals surface area (Å²) in [5.74, 6) is 1.87. The van der Waals surface area contributed by atoms with Crippen LogP contribution in [0.2, 0.25) is 0 Å². The van der Waals surface area contributed by atoms with Gasteiger partial charge < -0.3 is 14.8 Å². The number of hydrogen-bond acceptors (Lipinski definition) is 7. The fraction of sp³-hybridized carbons (Fsp3) is 0.273. The van der Waals surface area contributed by atoms with Crippen molar-refractivity contribution in [2.24, 2.45) is 0 Å². The summed E-state index contributed by atoms with van der Waals surface area (Å²) in [5, 5.41) is 3.15. The van der Waals surface area contributed by atoms with Crippen molar-refractivity contribution in [3.05, 3.63) is 66.1 Å². The van der Waals surface area contributed by atoms with Crippen LogP contribution in [-0.2, 0) is 14.8 Å². The fourth-order valence-electron chi connectivity index (χ4n) is 2.82. The highest BCUT2D eigenvalue weighted by molar-refractivity contribution is 7.89. The molecule has 3 aromatic rings. The standard InChI is InChI=1S/C22H26N4O4S/c1-16-5-10-21(17(2)25-16)30-19-11-13-23-22(15-19)26-18-6-8-20(9-7-18)31(27,28)24-12-4-14-29-3/h5-11,13,15,24H,4,12,14H2,1-3H3,(H,23,26). The van der Waals surface area contributed by atoms with Gasteiger partial charge in [0.1, 0.15) is 17.3 Å². The molecule has 0 bridgehead atoms. The van der Waals surface area contributed by atoms with E-state index in [1.165, 1.54) is 0 Å². The van der Waals surface area contributed by atoms with Gasteiger partial charge in [0.15, 0.2) is 0 Å². The van der Waals surface area contributed by atoms with Crippen molar-refractivity contribution in [1.82, 2.24) is 14.7 Å². The van der Waals surface area contributed by atoms with E-state index in [1.807, 2.05) is 26.0 Å². The number of methoxy groups -OCH3 is 1. The number of anilines is 2. The molecule has 2 aromatic heterocycles. The van der Waals surface area contributed by atoms with Gasteiger partial charge in [-0.1, -0.05) is 0 Å². The number of aromatic nitrogens is 2. The fourth-order valence-corrected chi connectivity index (χ4v) is 3.90. The highest BCUT2D eigenvalue weighted by Crippen LogP contribution is 2.26. The van der Waals surface area contributed by atoms with Crippen LogP contribution in [0.25, 0.3) is 0 Å². The van der Waals surface area contributed by atoms with Crippen LogP contribution in [0.1, 0.15) is 17.8 Å².